The third-order valence-electron chi connectivity index (χ3n) is 3.18. The molecule has 1 heterocycles. The average Bonchev–Trinajstić information content (AvgIpc) is 2.39. The van der Waals surface area contributed by atoms with E-state index in [2.05, 4.69) is 0 Å². The van der Waals surface area contributed by atoms with Crippen LogP contribution in [0.15, 0.2) is 35.3 Å². The average molecular weight is 299 g/mol. The van der Waals surface area contributed by atoms with Crippen molar-refractivity contribution >= 4 is 22.9 Å². The van der Waals surface area contributed by atoms with Crippen LogP contribution in [0.25, 0.3) is 17.0 Å². The highest BCUT2D eigenvalue weighted by Crippen LogP contribution is 2.14. The van der Waals surface area contributed by atoms with E-state index >= 15 is 0 Å². The molecule has 1 aromatic carbocycles. The van der Waals surface area contributed by atoms with Gasteiger partial charge in [0.15, 0.2) is 5.43 Å². The van der Waals surface area contributed by atoms with E-state index in [9.17, 15) is 9.59 Å². The third kappa shape index (κ3) is 3.64. The van der Waals surface area contributed by atoms with Crippen LogP contribution in [0.3, 0.4) is 0 Å². The van der Waals surface area contributed by atoms with Crippen LogP contribution in [-0.2, 0) is 16.6 Å². The van der Waals surface area contributed by atoms with Gasteiger partial charge in [-0.05, 0) is 45.9 Å². The second-order valence-electron chi connectivity index (χ2n) is 6.41. The van der Waals surface area contributed by atoms with Crippen LogP contribution in [0.2, 0.25) is 0 Å². The molecule has 2 rings (SSSR count). The molecule has 0 saturated carbocycles. The summed E-state index contributed by atoms with van der Waals surface area (Å²) in [5.41, 5.74) is 1.72. The molecule has 0 saturated heterocycles. The zero-order valence-electron chi connectivity index (χ0n) is 13.6. The van der Waals surface area contributed by atoms with Crippen molar-refractivity contribution in [2.45, 2.75) is 33.3 Å². The molecule has 0 aliphatic heterocycles. The predicted octanol–water partition coefficient (Wildman–Crippen LogP) is 3.20. The number of benzene rings is 1. The Morgan fingerprint density at radius 1 is 1.27 bits per heavy atom. The molecule has 22 heavy (non-hydrogen) atoms. The number of fused-ring (bicyclic) bond motifs is 1. The molecule has 0 N–H and O–H groups in total. The Morgan fingerprint density at radius 3 is 2.59 bits per heavy atom. The summed E-state index contributed by atoms with van der Waals surface area (Å²) in [7, 11) is 1.88. The number of ether oxygens (including phenoxy) is 1. The van der Waals surface area contributed by atoms with Gasteiger partial charge in [0.2, 0.25) is 0 Å². The van der Waals surface area contributed by atoms with Gasteiger partial charge in [0.1, 0.15) is 5.60 Å². The summed E-state index contributed by atoms with van der Waals surface area (Å²) in [5, 5.41) is 0.647. The molecule has 0 radical (unpaired) electrons. The molecule has 0 atom stereocenters. The van der Waals surface area contributed by atoms with Gasteiger partial charge in [-0.3, -0.25) is 4.79 Å². The number of aryl methyl sites for hydroxylation is 2. The Morgan fingerprint density at radius 2 is 1.95 bits per heavy atom. The molecule has 0 bridgehead atoms. The summed E-state index contributed by atoms with van der Waals surface area (Å²) in [6.07, 6.45) is 4.53. The van der Waals surface area contributed by atoms with Crippen LogP contribution in [-0.4, -0.2) is 16.1 Å². The second-order valence-corrected chi connectivity index (χ2v) is 6.41. The van der Waals surface area contributed by atoms with Gasteiger partial charge in [-0.1, -0.05) is 11.6 Å². The first kappa shape index (κ1) is 16.0. The first-order valence-corrected chi connectivity index (χ1v) is 7.18. The van der Waals surface area contributed by atoms with Gasteiger partial charge in [0, 0.05) is 30.3 Å². The first-order chi connectivity index (χ1) is 10.2. The number of nitrogens with zero attached hydrogens (tertiary/aromatic N) is 1. The molecule has 0 amide bonds. The maximum atomic E-state index is 12.5. The van der Waals surface area contributed by atoms with E-state index in [1.165, 1.54) is 12.2 Å². The van der Waals surface area contributed by atoms with E-state index in [-0.39, 0.29) is 5.43 Å². The standard InChI is InChI=1S/C18H21NO3/c1-12-6-8-15-14(10-12)17(21)13(11-19(15)5)7-9-16(20)22-18(2,3)4/h6-11H,1-5H3/b9-7+. The number of rotatable bonds is 2. The number of hydrogen-bond donors (Lipinski definition) is 0. The van der Waals surface area contributed by atoms with Gasteiger partial charge < -0.3 is 9.30 Å². The normalized spacial score (nSPS) is 12.0. The molecule has 4 heteroatoms. The minimum absolute atomic E-state index is 0.0865. The highest BCUT2D eigenvalue weighted by atomic mass is 16.6. The Labute approximate surface area is 130 Å². The zero-order valence-corrected chi connectivity index (χ0v) is 13.6. The van der Waals surface area contributed by atoms with Gasteiger partial charge in [-0.2, -0.15) is 0 Å². The van der Waals surface area contributed by atoms with Crippen LogP contribution >= 0.6 is 0 Å². The molecule has 0 spiro atoms. The largest absolute Gasteiger partial charge is 0.457 e. The molecule has 0 aliphatic rings. The van der Waals surface area contributed by atoms with Crippen molar-refractivity contribution in [3.63, 3.8) is 0 Å². The second kappa shape index (κ2) is 5.79. The van der Waals surface area contributed by atoms with Crippen LogP contribution in [0.1, 0.15) is 31.9 Å². The smallest absolute Gasteiger partial charge is 0.331 e. The molecule has 4 nitrogen and oxygen atoms in total. The van der Waals surface area contributed by atoms with Crippen molar-refractivity contribution in [2.75, 3.05) is 0 Å². The van der Waals surface area contributed by atoms with E-state index in [1.807, 2.05) is 36.7 Å². The third-order valence-corrected chi connectivity index (χ3v) is 3.18. The van der Waals surface area contributed by atoms with Crippen LogP contribution in [0.5, 0.6) is 0 Å². The monoisotopic (exact) mass is 299 g/mol. The Bertz CT molecular complexity index is 807. The molecule has 1 aromatic heterocycles. The fraction of sp³-hybridized carbons (Fsp3) is 0.333. The lowest BCUT2D eigenvalue weighted by Crippen LogP contribution is -2.22. The molecule has 0 fully saturated rings. The Balaban J connectivity index is 2.43. The lowest BCUT2D eigenvalue weighted by Gasteiger charge is -2.17. The maximum absolute atomic E-state index is 12.5. The van der Waals surface area contributed by atoms with Crippen molar-refractivity contribution in [3.8, 4) is 0 Å². The molecule has 0 unspecified atom stereocenters. The van der Waals surface area contributed by atoms with Crippen molar-refractivity contribution in [1.82, 2.24) is 4.57 Å². The number of aromatic nitrogens is 1. The predicted molar refractivity (Wildman–Crippen MR) is 88.8 cm³/mol. The van der Waals surface area contributed by atoms with E-state index in [0.29, 0.717) is 10.9 Å². The minimum Gasteiger partial charge on any atom is -0.457 e. The number of carbonyl (C=O) groups is 1. The van der Waals surface area contributed by atoms with Crippen molar-refractivity contribution in [2.24, 2.45) is 7.05 Å². The van der Waals surface area contributed by atoms with E-state index in [1.54, 1.807) is 27.0 Å². The first-order valence-electron chi connectivity index (χ1n) is 7.18. The van der Waals surface area contributed by atoms with Crippen LogP contribution in [0, 0.1) is 6.92 Å². The molecule has 0 aliphatic carbocycles. The maximum Gasteiger partial charge on any atom is 0.331 e. The number of hydrogen-bond acceptors (Lipinski definition) is 3. The SMILES string of the molecule is Cc1ccc2c(c1)c(=O)c(/C=C/C(=O)OC(C)(C)C)cn2C. The summed E-state index contributed by atoms with van der Waals surface area (Å²) >= 11 is 0. The van der Waals surface area contributed by atoms with Crippen molar-refractivity contribution in [3.05, 3.63) is 51.8 Å². The summed E-state index contributed by atoms with van der Waals surface area (Å²) in [5.74, 6) is -0.459. The minimum atomic E-state index is -0.549. The summed E-state index contributed by atoms with van der Waals surface area (Å²) in [6, 6.07) is 5.76. The lowest BCUT2D eigenvalue weighted by molar-refractivity contribution is -0.148. The molecular formula is C18H21NO3. The Hall–Kier alpha value is -2.36. The van der Waals surface area contributed by atoms with Gasteiger partial charge in [-0.15, -0.1) is 0 Å². The van der Waals surface area contributed by atoms with Crippen molar-refractivity contribution in [1.29, 1.82) is 0 Å². The number of esters is 1. The van der Waals surface area contributed by atoms with Gasteiger partial charge in [-0.25, -0.2) is 4.79 Å². The number of pyridine rings is 1. The van der Waals surface area contributed by atoms with E-state index < -0.39 is 11.6 Å². The number of carbonyl (C=O) groups excluding carboxylic acids is 1. The quantitative estimate of drug-likeness (QED) is 0.632. The fourth-order valence-corrected chi connectivity index (χ4v) is 2.24. The zero-order chi connectivity index (χ0) is 16.5. The molecule has 2 aromatic rings. The van der Waals surface area contributed by atoms with Crippen LogP contribution < -0.4 is 5.43 Å². The van der Waals surface area contributed by atoms with E-state index in [4.69, 9.17) is 4.74 Å². The van der Waals surface area contributed by atoms with Gasteiger partial charge >= 0.3 is 5.97 Å². The van der Waals surface area contributed by atoms with Gasteiger partial charge in [0.25, 0.3) is 0 Å². The lowest BCUT2D eigenvalue weighted by atomic mass is 10.1. The van der Waals surface area contributed by atoms with Crippen LogP contribution in [0.4, 0.5) is 0 Å². The van der Waals surface area contributed by atoms with Gasteiger partial charge in [0.05, 0.1) is 5.52 Å². The Kier molecular flexibility index (Phi) is 4.22. The van der Waals surface area contributed by atoms with Crippen molar-refractivity contribution < 1.29 is 9.53 Å². The van der Waals surface area contributed by atoms with E-state index in [0.717, 1.165) is 11.1 Å². The topological polar surface area (TPSA) is 48.3 Å². The summed E-state index contributed by atoms with van der Waals surface area (Å²) in [6.45, 7) is 7.35. The highest BCUT2D eigenvalue weighted by molar-refractivity contribution is 5.88. The summed E-state index contributed by atoms with van der Waals surface area (Å²) in [4.78, 5) is 24.2. The summed E-state index contributed by atoms with van der Waals surface area (Å²) < 4.78 is 7.08. The fourth-order valence-electron chi connectivity index (χ4n) is 2.24. The highest BCUT2D eigenvalue weighted by Gasteiger charge is 2.14. The molecule has 116 valence electrons. The molecular weight excluding hydrogens is 278 g/mol.